The maximum absolute atomic E-state index is 5.87. The van der Waals surface area contributed by atoms with Crippen molar-refractivity contribution in [3.05, 3.63) is 28.0 Å². The molecule has 2 N–H and O–H groups in total. The molecule has 0 spiro atoms. The monoisotopic (exact) mass is 267 g/mol. The molecule has 0 aliphatic carbocycles. The number of hydrogen-bond donors (Lipinski definition) is 1. The molecular weight excluding hydrogens is 254 g/mol. The summed E-state index contributed by atoms with van der Waals surface area (Å²) >= 11 is 3.56. The Labute approximate surface area is 97.4 Å². The van der Waals surface area contributed by atoms with E-state index in [1.54, 1.807) is 0 Å². The average Bonchev–Trinajstić information content (AvgIpc) is 2.42. The second-order valence-corrected chi connectivity index (χ2v) is 4.79. The summed E-state index contributed by atoms with van der Waals surface area (Å²) in [5, 5.41) is 0. The van der Waals surface area contributed by atoms with E-state index < -0.39 is 0 Å². The number of nitrogens with two attached hydrogens (primary N) is 1. The summed E-state index contributed by atoms with van der Waals surface area (Å²) in [5.41, 5.74) is 9.17. The van der Waals surface area contributed by atoms with Crippen LogP contribution >= 0.6 is 15.9 Å². The first kappa shape index (κ1) is 10.6. The molecule has 0 amide bonds. The highest BCUT2D eigenvalue weighted by Gasteiger charge is 2.13. The van der Waals surface area contributed by atoms with Crippen LogP contribution < -0.4 is 5.73 Å². The van der Waals surface area contributed by atoms with Crippen molar-refractivity contribution in [1.29, 1.82) is 0 Å². The fraction of sp³-hybridized carbons (Fsp3) is 0.364. The summed E-state index contributed by atoms with van der Waals surface area (Å²) in [7, 11) is 1.99. The van der Waals surface area contributed by atoms with Crippen LogP contribution in [0.15, 0.2) is 16.6 Å². The molecule has 0 saturated carbocycles. The van der Waals surface area contributed by atoms with Crippen molar-refractivity contribution in [2.45, 2.75) is 19.9 Å². The zero-order valence-corrected chi connectivity index (χ0v) is 10.7. The van der Waals surface area contributed by atoms with Crippen molar-refractivity contribution >= 4 is 27.0 Å². The molecule has 0 aliphatic heterocycles. The minimum atomic E-state index is -0.0467. The molecule has 2 aromatic rings. The number of fused-ring (bicyclic) bond motifs is 1. The zero-order chi connectivity index (χ0) is 11.2. The predicted molar refractivity (Wildman–Crippen MR) is 65.8 cm³/mol. The molecule has 0 saturated heterocycles. The van der Waals surface area contributed by atoms with E-state index in [0.717, 1.165) is 21.3 Å². The van der Waals surface area contributed by atoms with E-state index in [2.05, 4.69) is 40.0 Å². The lowest BCUT2D eigenvalue weighted by Gasteiger charge is -2.05. The quantitative estimate of drug-likeness (QED) is 0.864. The van der Waals surface area contributed by atoms with Gasteiger partial charge in [0, 0.05) is 11.5 Å². The van der Waals surface area contributed by atoms with E-state index >= 15 is 0 Å². The standard InChI is InChI=1S/C11H14BrN3/c1-6-4-8(12)10-9(5-6)14-11(7(2)13)15(10)3/h4-5,7H,13H2,1-3H3. The number of hydrogen-bond acceptors (Lipinski definition) is 2. The summed E-state index contributed by atoms with van der Waals surface area (Å²) < 4.78 is 3.11. The minimum Gasteiger partial charge on any atom is -0.329 e. The van der Waals surface area contributed by atoms with Gasteiger partial charge in [-0.1, -0.05) is 0 Å². The van der Waals surface area contributed by atoms with Crippen LogP contribution in [-0.2, 0) is 7.05 Å². The van der Waals surface area contributed by atoms with Gasteiger partial charge in [-0.2, -0.15) is 0 Å². The summed E-state index contributed by atoms with van der Waals surface area (Å²) in [6.07, 6.45) is 0. The maximum Gasteiger partial charge on any atom is 0.126 e. The Balaban J connectivity index is 2.82. The van der Waals surface area contributed by atoms with Gasteiger partial charge in [-0.3, -0.25) is 0 Å². The van der Waals surface area contributed by atoms with Crippen molar-refractivity contribution in [2.75, 3.05) is 0 Å². The Morgan fingerprint density at radius 3 is 2.73 bits per heavy atom. The van der Waals surface area contributed by atoms with E-state index in [1.165, 1.54) is 5.56 Å². The fourth-order valence-corrected chi connectivity index (χ4v) is 2.68. The van der Waals surface area contributed by atoms with Crippen LogP contribution in [0.2, 0.25) is 0 Å². The molecule has 2 rings (SSSR count). The molecule has 80 valence electrons. The first-order valence-electron chi connectivity index (χ1n) is 4.88. The van der Waals surface area contributed by atoms with E-state index in [-0.39, 0.29) is 6.04 Å². The Morgan fingerprint density at radius 1 is 1.47 bits per heavy atom. The number of imidazole rings is 1. The molecule has 1 aromatic heterocycles. The maximum atomic E-state index is 5.87. The first-order chi connectivity index (χ1) is 7.00. The van der Waals surface area contributed by atoms with Gasteiger partial charge in [0.05, 0.1) is 17.1 Å². The summed E-state index contributed by atoms with van der Waals surface area (Å²) in [6.45, 7) is 4.01. The minimum absolute atomic E-state index is 0.0467. The second kappa shape index (κ2) is 3.61. The molecule has 0 bridgehead atoms. The number of aromatic nitrogens is 2. The van der Waals surface area contributed by atoms with Gasteiger partial charge in [0.25, 0.3) is 0 Å². The van der Waals surface area contributed by atoms with Crippen molar-refractivity contribution in [2.24, 2.45) is 12.8 Å². The third-order valence-corrected chi connectivity index (χ3v) is 3.11. The molecule has 3 nitrogen and oxygen atoms in total. The Bertz CT molecular complexity index is 514. The second-order valence-electron chi connectivity index (χ2n) is 3.93. The number of halogens is 1. The van der Waals surface area contributed by atoms with Gasteiger partial charge >= 0.3 is 0 Å². The van der Waals surface area contributed by atoms with Crippen molar-refractivity contribution < 1.29 is 0 Å². The lowest BCUT2D eigenvalue weighted by molar-refractivity contribution is 0.696. The summed E-state index contributed by atoms with van der Waals surface area (Å²) in [5.74, 6) is 0.913. The predicted octanol–water partition coefficient (Wildman–Crippen LogP) is 2.66. The molecule has 15 heavy (non-hydrogen) atoms. The lowest BCUT2D eigenvalue weighted by atomic mass is 10.2. The third-order valence-electron chi connectivity index (χ3n) is 2.51. The Kier molecular flexibility index (Phi) is 2.56. The van der Waals surface area contributed by atoms with Crippen LogP contribution in [-0.4, -0.2) is 9.55 Å². The first-order valence-corrected chi connectivity index (χ1v) is 5.68. The van der Waals surface area contributed by atoms with Crippen LogP contribution in [0.25, 0.3) is 11.0 Å². The van der Waals surface area contributed by atoms with Gasteiger partial charge in [-0.15, -0.1) is 0 Å². The van der Waals surface area contributed by atoms with Crippen LogP contribution in [0.1, 0.15) is 24.4 Å². The SMILES string of the molecule is Cc1cc(Br)c2c(c1)nc(C(C)N)n2C. The fourth-order valence-electron chi connectivity index (χ4n) is 1.85. The molecule has 1 heterocycles. The molecule has 1 atom stereocenters. The van der Waals surface area contributed by atoms with Crippen molar-refractivity contribution in [1.82, 2.24) is 9.55 Å². The molecule has 4 heteroatoms. The molecule has 0 fully saturated rings. The highest BCUT2D eigenvalue weighted by atomic mass is 79.9. The molecular formula is C11H14BrN3. The smallest absolute Gasteiger partial charge is 0.126 e. The summed E-state index contributed by atoms with van der Waals surface area (Å²) in [4.78, 5) is 4.54. The number of rotatable bonds is 1. The van der Waals surface area contributed by atoms with Crippen LogP contribution in [0.4, 0.5) is 0 Å². The molecule has 0 radical (unpaired) electrons. The Hall–Kier alpha value is -0.870. The van der Waals surface area contributed by atoms with Gasteiger partial charge in [-0.05, 0) is 47.5 Å². The lowest BCUT2D eigenvalue weighted by Crippen LogP contribution is -2.11. The largest absolute Gasteiger partial charge is 0.329 e. The van der Waals surface area contributed by atoms with Gasteiger partial charge in [0.2, 0.25) is 0 Å². The highest BCUT2D eigenvalue weighted by molar-refractivity contribution is 9.10. The van der Waals surface area contributed by atoms with Crippen LogP contribution in [0.3, 0.4) is 0 Å². The highest BCUT2D eigenvalue weighted by Crippen LogP contribution is 2.27. The van der Waals surface area contributed by atoms with Crippen LogP contribution in [0.5, 0.6) is 0 Å². The normalized spacial score (nSPS) is 13.4. The zero-order valence-electron chi connectivity index (χ0n) is 9.08. The van der Waals surface area contributed by atoms with Gasteiger partial charge in [0.1, 0.15) is 5.82 Å². The van der Waals surface area contributed by atoms with Gasteiger partial charge < -0.3 is 10.3 Å². The van der Waals surface area contributed by atoms with Gasteiger partial charge in [-0.25, -0.2) is 4.98 Å². The number of aryl methyl sites for hydroxylation is 2. The molecule has 0 aliphatic rings. The number of nitrogens with zero attached hydrogens (tertiary/aromatic N) is 2. The number of benzene rings is 1. The van der Waals surface area contributed by atoms with Crippen LogP contribution in [0, 0.1) is 6.92 Å². The Morgan fingerprint density at radius 2 is 2.13 bits per heavy atom. The van der Waals surface area contributed by atoms with E-state index in [0.29, 0.717) is 0 Å². The van der Waals surface area contributed by atoms with Gasteiger partial charge in [0.15, 0.2) is 0 Å². The van der Waals surface area contributed by atoms with Crippen molar-refractivity contribution in [3.8, 4) is 0 Å². The van der Waals surface area contributed by atoms with Crippen molar-refractivity contribution in [3.63, 3.8) is 0 Å². The summed E-state index contributed by atoms with van der Waals surface area (Å²) in [6, 6.07) is 4.12. The van der Waals surface area contributed by atoms with E-state index in [9.17, 15) is 0 Å². The average molecular weight is 268 g/mol. The van der Waals surface area contributed by atoms with E-state index in [4.69, 9.17) is 5.73 Å². The topological polar surface area (TPSA) is 43.8 Å². The molecule has 1 aromatic carbocycles. The molecule has 1 unspecified atom stereocenters. The van der Waals surface area contributed by atoms with E-state index in [1.807, 2.05) is 18.5 Å². The third kappa shape index (κ3) is 1.68.